The summed E-state index contributed by atoms with van der Waals surface area (Å²) in [4.78, 5) is 3.95. The highest BCUT2D eigenvalue weighted by molar-refractivity contribution is 7.92. The van der Waals surface area contributed by atoms with Crippen molar-refractivity contribution in [1.82, 2.24) is 4.98 Å². The summed E-state index contributed by atoms with van der Waals surface area (Å²) in [5.74, 6) is -0.327. The molecule has 0 aromatic carbocycles. The lowest BCUT2D eigenvalue weighted by Gasteiger charge is -2.12. The molecular formula is C11H16N2O4S. The van der Waals surface area contributed by atoms with Gasteiger partial charge in [-0.3, -0.25) is 4.72 Å². The zero-order valence-electron chi connectivity index (χ0n) is 10.1. The molecule has 1 aromatic rings. The first-order chi connectivity index (χ1) is 8.46. The topological polar surface area (TPSA) is 88.5 Å². The first-order valence-electron chi connectivity index (χ1n) is 5.75. The van der Waals surface area contributed by atoms with Gasteiger partial charge >= 0.3 is 0 Å². The van der Waals surface area contributed by atoms with Crippen molar-refractivity contribution in [2.45, 2.75) is 25.9 Å². The van der Waals surface area contributed by atoms with Crippen LogP contribution in [0.2, 0.25) is 0 Å². The van der Waals surface area contributed by atoms with Crippen LogP contribution in [0.3, 0.4) is 0 Å². The van der Waals surface area contributed by atoms with Crippen molar-refractivity contribution in [3.63, 3.8) is 0 Å². The zero-order valence-corrected chi connectivity index (χ0v) is 10.9. The van der Waals surface area contributed by atoms with Crippen molar-refractivity contribution in [2.75, 3.05) is 17.1 Å². The van der Waals surface area contributed by atoms with Gasteiger partial charge in [0.2, 0.25) is 10.0 Å². The van der Waals surface area contributed by atoms with Gasteiger partial charge in [0.1, 0.15) is 0 Å². The second kappa shape index (κ2) is 5.11. The molecule has 1 aliphatic heterocycles. The predicted molar refractivity (Wildman–Crippen MR) is 67.0 cm³/mol. The molecule has 0 amide bonds. The van der Waals surface area contributed by atoms with E-state index >= 15 is 0 Å². The molecule has 1 unspecified atom stereocenters. The molecule has 2 heterocycles. The third kappa shape index (κ3) is 3.33. The molecule has 0 saturated carbocycles. The number of anilines is 1. The van der Waals surface area contributed by atoms with Crippen LogP contribution in [-0.2, 0) is 14.8 Å². The van der Waals surface area contributed by atoms with Gasteiger partial charge < -0.3 is 9.84 Å². The number of aryl methyl sites for hydroxylation is 1. The standard InChI is InChI=1S/C11H16N2O4S/c1-8-4-5-10(14)11(12-8)13-18(15,16)7-9-3-2-6-17-9/h4-5,9,14H,2-3,6-7H2,1H3,(H,12,13). The van der Waals surface area contributed by atoms with Crippen molar-refractivity contribution in [1.29, 1.82) is 0 Å². The number of aromatic hydroxyl groups is 1. The van der Waals surface area contributed by atoms with E-state index in [9.17, 15) is 13.5 Å². The molecular weight excluding hydrogens is 256 g/mol. The van der Waals surface area contributed by atoms with Crippen molar-refractivity contribution >= 4 is 15.8 Å². The van der Waals surface area contributed by atoms with Crippen LogP contribution in [-0.4, -0.2) is 37.0 Å². The van der Waals surface area contributed by atoms with Crippen LogP contribution >= 0.6 is 0 Å². The maximum atomic E-state index is 11.9. The molecule has 1 saturated heterocycles. The lowest BCUT2D eigenvalue weighted by atomic mass is 10.3. The van der Waals surface area contributed by atoms with E-state index in [0.717, 1.165) is 12.8 Å². The molecule has 1 atom stereocenters. The van der Waals surface area contributed by atoms with Gasteiger partial charge in [-0.05, 0) is 31.9 Å². The van der Waals surface area contributed by atoms with E-state index in [-0.39, 0.29) is 23.4 Å². The summed E-state index contributed by atoms with van der Waals surface area (Å²) >= 11 is 0. The fourth-order valence-corrected chi connectivity index (χ4v) is 3.11. The number of sulfonamides is 1. The summed E-state index contributed by atoms with van der Waals surface area (Å²) in [6, 6.07) is 3.01. The summed E-state index contributed by atoms with van der Waals surface area (Å²) in [5.41, 5.74) is 0.627. The Labute approximate surface area is 106 Å². The highest BCUT2D eigenvalue weighted by atomic mass is 32.2. The second-order valence-electron chi connectivity index (χ2n) is 4.34. The second-order valence-corrected chi connectivity index (χ2v) is 6.11. The van der Waals surface area contributed by atoms with Gasteiger partial charge in [-0.2, -0.15) is 0 Å². The first-order valence-corrected chi connectivity index (χ1v) is 7.40. The molecule has 6 nitrogen and oxygen atoms in total. The molecule has 18 heavy (non-hydrogen) atoms. The van der Waals surface area contributed by atoms with Gasteiger partial charge in [0.25, 0.3) is 0 Å². The zero-order chi connectivity index (χ0) is 13.2. The van der Waals surface area contributed by atoms with E-state index in [2.05, 4.69) is 9.71 Å². The SMILES string of the molecule is Cc1ccc(O)c(NS(=O)(=O)CC2CCCO2)n1. The first kappa shape index (κ1) is 13.1. The molecule has 0 bridgehead atoms. The summed E-state index contributed by atoms with van der Waals surface area (Å²) in [6.45, 7) is 2.32. The Hall–Kier alpha value is -1.34. The molecule has 7 heteroatoms. The molecule has 0 radical (unpaired) electrons. The van der Waals surface area contributed by atoms with Crippen molar-refractivity contribution in [2.24, 2.45) is 0 Å². The van der Waals surface area contributed by atoms with Crippen LogP contribution in [0.4, 0.5) is 5.82 Å². The summed E-state index contributed by atoms with van der Waals surface area (Å²) in [7, 11) is -3.55. The molecule has 0 aliphatic carbocycles. The minimum Gasteiger partial charge on any atom is -0.504 e. The summed E-state index contributed by atoms with van der Waals surface area (Å²) in [6.07, 6.45) is 1.36. The summed E-state index contributed by atoms with van der Waals surface area (Å²) in [5, 5.41) is 9.54. The number of aromatic nitrogens is 1. The smallest absolute Gasteiger partial charge is 0.236 e. The Balaban J connectivity index is 2.09. The third-order valence-electron chi connectivity index (χ3n) is 2.69. The number of hydrogen-bond donors (Lipinski definition) is 2. The highest BCUT2D eigenvalue weighted by Crippen LogP contribution is 2.22. The van der Waals surface area contributed by atoms with Crippen LogP contribution in [0, 0.1) is 6.92 Å². The van der Waals surface area contributed by atoms with E-state index in [0.29, 0.717) is 12.3 Å². The monoisotopic (exact) mass is 272 g/mol. The average molecular weight is 272 g/mol. The largest absolute Gasteiger partial charge is 0.504 e. The number of nitrogens with one attached hydrogen (secondary N) is 1. The lowest BCUT2D eigenvalue weighted by molar-refractivity contribution is 0.127. The maximum absolute atomic E-state index is 11.9. The molecule has 1 aliphatic rings. The average Bonchev–Trinajstić information content (AvgIpc) is 2.75. The van der Waals surface area contributed by atoms with Crippen LogP contribution < -0.4 is 4.72 Å². The Morgan fingerprint density at radius 2 is 2.33 bits per heavy atom. The van der Waals surface area contributed by atoms with Crippen LogP contribution in [0.1, 0.15) is 18.5 Å². The quantitative estimate of drug-likeness (QED) is 0.854. The number of pyridine rings is 1. The van der Waals surface area contributed by atoms with E-state index in [1.54, 1.807) is 13.0 Å². The predicted octanol–water partition coefficient (Wildman–Crippen LogP) is 1.02. The van der Waals surface area contributed by atoms with Gasteiger partial charge in [0, 0.05) is 12.3 Å². The fraction of sp³-hybridized carbons (Fsp3) is 0.545. The minimum atomic E-state index is -3.55. The van der Waals surface area contributed by atoms with E-state index in [1.807, 2.05) is 0 Å². The molecule has 0 spiro atoms. The number of rotatable bonds is 4. The van der Waals surface area contributed by atoms with E-state index in [4.69, 9.17) is 4.74 Å². The van der Waals surface area contributed by atoms with Crippen molar-refractivity contribution in [3.05, 3.63) is 17.8 Å². The normalized spacial score (nSPS) is 19.9. The highest BCUT2D eigenvalue weighted by Gasteiger charge is 2.24. The van der Waals surface area contributed by atoms with E-state index in [1.165, 1.54) is 6.07 Å². The van der Waals surface area contributed by atoms with Gasteiger partial charge in [-0.1, -0.05) is 0 Å². The fourth-order valence-electron chi connectivity index (χ4n) is 1.83. The van der Waals surface area contributed by atoms with Gasteiger partial charge in [0.05, 0.1) is 11.9 Å². The molecule has 1 aromatic heterocycles. The van der Waals surface area contributed by atoms with E-state index < -0.39 is 10.0 Å². The number of ether oxygens (including phenoxy) is 1. The van der Waals surface area contributed by atoms with Crippen LogP contribution in [0.25, 0.3) is 0 Å². The van der Waals surface area contributed by atoms with Crippen molar-refractivity contribution < 1.29 is 18.3 Å². The Morgan fingerprint density at radius 1 is 1.56 bits per heavy atom. The van der Waals surface area contributed by atoms with Gasteiger partial charge in [-0.15, -0.1) is 0 Å². The Morgan fingerprint density at radius 3 is 3.00 bits per heavy atom. The lowest BCUT2D eigenvalue weighted by Crippen LogP contribution is -2.26. The van der Waals surface area contributed by atoms with Crippen LogP contribution in [0.5, 0.6) is 5.75 Å². The number of hydrogen-bond acceptors (Lipinski definition) is 5. The van der Waals surface area contributed by atoms with Crippen molar-refractivity contribution in [3.8, 4) is 5.75 Å². The van der Waals surface area contributed by atoms with Gasteiger partial charge in [0.15, 0.2) is 11.6 Å². The molecule has 2 rings (SSSR count). The van der Waals surface area contributed by atoms with Crippen LogP contribution in [0.15, 0.2) is 12.1 Å². The third-order valence-corrected chi connectivity index (χ3v) is 4.01. The molecule has 1 fully saturated rings. The number of nitrogens with zero attached hydrogens (tertiary/aromatic N) is 1. The Bertz CT molecular complexity index is 524. The van der Waals surface area contributed by atoms with Gasteiger partial charge in [-0.25, -0.2) is 13.4 Å². The Kier molecular flexibility index (Phi) is 3.72. The minimum absolute atomic E-state index is 0.0343. The molecule has 100 valence electrons. The molecule has 2 N–H and O–H groups in total. The summed E-state index contributed by atoms with van der Waals surface area (Å²) < 4.78 is 31.3. The maximum Gasteiger partial charge on any atom is 0.236 e.